The summed E-state index contributed by atoms with van der Waals surface area (Å²) >= 11 is 0. The molecule has 104 valence electrons. The summed E-state index contributed by atoms with van der Waals surface area (Å²) in [6.07, 6.45) is -1.40. The van der Waals surface area contributed by atoms with Gasteiger partial charge < -0.3 is 26.4 Å². The number of carboxylic acids is 1. The molecule has 0 spiro atoms. The predicted molar refractivity (Wildman–Crippen MR) is 66.4 cm³/mol. The molecule has 1 unspecified atom stereocenters. The number of hydrogen-bond acceptors (Lipinski definition) is 5. The molecule has 0 aliphatic rings. The van der Waals surface area contributed by atoms with E-state index in [9.17, 15) is 9.59 Å². The number of rotatable bonds is 6. The van der Waals surface area contributed by atoms with Crippen LogP contribution in [0.15, 0.2) is 24.3 Å². The fourth-order valence-corrected chi connectivity index (χ4v) is 1.39. The zero-order valence-electron chi connectivity index (χ0n) is 10.1. The maximum Gasteiger partial charge on any atom is 0.334 e. The van der Waals surface area contributed by atoms with Gasteiger partial charge in [-0.2, -0.15) is 0 Å². The summed E-state index contributed by atoms with van der Waals surface area (Å²) in [5.74, 6) is -1.84. The Morgan fingerprint density at radius 3 is 2.37 bits per heavy atom. The molecular weight excluding hydrogens is 252 g/mol. The van der Waals surface area contributed by atoms with Crippen LogP contribution in [0.2, 0.25) is 0 Å². The fourth-order valence-electron chi connectivity index (χ4n) is 1.39. The lowest BCUT2D eigenvalue weighted by molar-refractivity contribution is -0.146. The molecule has 0 saturated heterocycles. The predicted octanol–water partition coefficient (Wildman–Crippen LogP) is -1.18. The minimum absolute atomic E-state index is 0.117. The normalized spacial score (nSPS) is 13.6. The molecule has 19 heavy (non-hydrogen) atoms. The number of nitrogens with one attached hydrogen (secondary N) is 1. The van der Waals surface area contributed by atoms with E-state index in [1.807, 2.05) is 0 Å². The molecule has 0 heterocycles. The molecule has 1 aromatic rings. The molecule has 1 rings (SSSR count). The lowest BCUT2D eigenvalue weighted by atomic mass is 10.1. The van der Waals surface area contributed by atoms with Crippen LogP contribution in [-0.2, 0) is 16.0 Å². The summed E-state index contributed by atoms with van der Waals surface area (Å²) in [7, 11) is 0. The second kappa shape index (κ2) is 6.72. The molecule has 0 fully saturated rings. The third-order valence-corrected chi connectivity index (χ3v) is 2.48. The molecule has 7 heteroatoms. The van der Waals surface area contributed by atoms with Gasteiger partial charge in [-0.05, 0) is 24.1 Å². The molecule has 1 aromatic carbocycles. The standard InChI is InChI=1S/C12H16N2O5/c13-9(5-7-1-3-8(15)4-2-7)11(17)14-6-10(16)12(18)19/h1-4,9-10,15-16H,5-6,13H2,(H,14,17)(H,18,19)/t9?,10-/m0/s1. The molecule has 0 aliphatic carbocycles. The van der Waals surface area contributed by atoms with Crippen molar-refractivity contribution in [2.45, 2.75) is 18.6 Å². The highest BCUT2D eigenvalue weighted by molar-refractivity contribution is 5.82. The summed E-state index contributed by atoms with van der Waals surface area (Å²) in [5.41, 5.74) is 6.41. The summed E-state index contributed by atoms with van der Waals surface area (Å²) in [5, 5.41) is 28.8. The molecular formula is C12H16N2O5. The maximum atomic E-state index is 11.6. The van der Waals surface area contributed by atoms with Crippen molar-refractivity contribution in [3.63, 3.8) is 0 Å². The Kier molecular flexibility index (Phi) is 5.28. The van der Waals surface area contributed by atoms with Crippen LogP contribution in [-0.4, -0.2) is 45.9 Å². The van der Waals surface area contributed by atoms with Crippen molar-refractivity contribution in [1.82, 2.24) is 5.32 Å². The number of aliphatic hydroxyl groups excluding tert-OH is 1. The van der Waals surface area contributed by atoms with Gasteiger partial charge in [-0.25, -0.2) is 4.79 Å². The van der Waals surface area contributed by atoms with Crippen molar-refractivity contribution < 1.29 is 24.9 Å². The average Bonchev–Trinajstić information content (AvgIpc) is 2.37. The molecule has 0 aliphatic heterocycles. The Morgan fingerprint density at radius 1 is 1.26 bits per heavy atom. The summed E-state index contributed by atoms with van der Waals surface area (Å²) in [6, 6.07) is 5.37. The van der Waals surface area contributed by atoms with Crippen molar-refractivity contribution in [1.29, 1.82) is 0 Å². The Hall–Kier alpha value is -2.12. The molecule has 1 amide bonds. The maximum absolute atomic E-state index is 11.6. The summed E-state index contributed by atoms with van der Waals surface area (Å²) in [6.45, 7) is -0.391. The number of aromatic hydroxyl groups is 1. The topological polar surface area (TPSA) is 133 Å². The number of phenolic OH excluding ortho intramolecular Hbond substituents is 1. The van der Waals surface area contributed by atoms with Gasteiger partial charge in [0.2, 0.25) is 5.91 Å². The van der Waals surface area contributed by atoms with Gasteiger partial charge in [-0.15, -0.1) is 0 Å². The van der Waals surface area contributed by atoms with E-state index in [4.69, 9.17) is 21.1 Å². The summed E-state index contributed by atoms with van der Waals surface area (Å²) < 4.78 is 0. The average molecular weight is 268 g/mol. The molecule has 0 bridgehead atoms. The number of aliphatic hydroxyl groups is 1. The lowest BCUT2D eigenvalue weighted by Crippen LogP contribution is -2.45. The highest BCUT2D eigenvalue weighted by Gasteiger charge is 2.18. The Bertz CT molecular complexity index is 446. The smallest absolute Gasteiger partial charge is 0.334 e. The minimum atomic E-state index is -1.65. The zero-order valence-corrected chi connectivity index (χ0v) is 10.1. The number of amides is 1. The van der Waals surface area contributed by atoms with Crippen LogP contribution in [0.5, 0.6) is 5.75 Å². The fraction of sp³-hybridized carbons (Fsp3) is 0.333. The van der Waals surface area contributed by atoms with Gasteiger partial charge in [-0.3, -0.25) is 4.79 Å². The van der Waals surface area contributed by atoms with E-state index >= 15 is 0 Å². The molecule has 2 atom stereocenters. The highest BCUT2D eigenvalue weighted by atomic mass is 16.4. The van der Waals surface area contributed by atoms with E-state index in [1.54, 1.807) is 12.1 Å². The number of hydrogen-bond donors (Lipinski definition) is 5. The van der Waals surface area contributed by atoms with E-state index < -0.39 is 30.6 Å². The monoisotopic (exact) mass is 268 g/mol. The van der Waals surface area contributed by atoms with Gasteiger partial charge in [-0.1, -0.05) is 12.1 Å². The van der Waals surface area contributed by atoms with Crippen molar-refractivity contribution in [3.8, 4) is 5.75 Å². The van der Waals surface area contributed by atoms with Gasteiger partial charge in [0.1, 0.15) is 5.75 Å². The van der Waals surface area contributed by atoms with Crippen LogP contribution >= 0.6 is 0 Å². The number of carboxylic acid groups (broad SMARTS) is 1. The number of carbonyl (C=O) groups excluding carboxylic acids is 1. The van der Waals surface area contributed by atoms with Crippen LogP contribution in [0.4, 0.5) is 0 Å². The first kappa shape index (κ1) is 14.9. The van der Waals surface area contributed by atoms with Gasteiger partial charge in [0.05, 0.1) is 12.6 Å². The Labute approximate surface area is 109 Å². The van der Waals surface area contributed by atoms with Gasteiger partial charge in [0.15, 0.2) is 6.10 Å². The number of nitrogens with two attached hydrogens (primary N) is 1. The second-order valence-electron chi connectivity index (χ2n) is 4.08. The quantitative estimate of drug-likeness (QED) is 0.441. The molecule has 0 aromatic heterocycles. The van der Waals surface area contributed by atoms with E-state index in [0.717, 1.165) is 5.56 Å². The molecule has 6 N–H and O–H groups in total. The summed E-state index contributed by atoms with van der Waals surface area (Å²) in [4.78, 5) is 21.9. The number of phenols is 1. The van der Waals surface area contributed by atoms with E-state index in [1.165, 1.54) is 12.1 Å². The second-order valence-corrected chi connectivity index (χ2v) is 4.08. The SMILES string of the molecule is NC(Cc1ccc(O)cc1)C(=O)NC[C@H](O)C(=O)O. The van der Waals surface area contributed by atoms with Crippen LogP contribution in [0.1, 0.15) is 5.56 Å². The first-order valence-electron chi connectivity index (χ1n) is 5.62. The third-order valence-electron chi connectivity index (χ3n) is 2.48. The van der Waals surface area contributed by atoms with Crippen molar-refractivity contribution in [3.05, 3.63) is 29.8 Å². The van der Waals surface area contributed by atoms with Gasteiger partial charge in [0, 0.05) is 0 Å². The lowest BCUT2D eigenvalue weighted by Gasteiger charge is -2.13. The van der Waals surface area contributed by atoms with Crippen molar-refractivity contribution in [2.24, 2.45) is 5.73 Å². The number of benzene rings is 1. The third kappa shape index (κ3) is 4.94. The first-order valence-corrected chi connectivity index (χ1v) is 5.62. The van der Waals surface area contributed by atoms with Gasteiger partial charge in [0.25, 0.3) is 0 Å². The highest BCUT2D eigenvalue weighted by Crippen LogP contribution is 2.10. The van der Waals surface area contributed by atoms with E-state index in [2.05, 4.69) is 5.32 Å². The minimum Gasteiger partial charge on any atom is -0.508 e. The Morgan fingerprint density at radius 2 is 1.84 bits per heavy atom. The van der Waals surface area contributed by atoms with E-state index in [0.29, 0.717) is 0 Å². The molecule has 0 saturated carbocycles. The van der Waals surface area contributed by atoms with Gasteiger partial charge >= 0.3 is 5.97 Å². The number of carbonyl (C=O) groups is 2. The molecule has 0 radical (unpaired) electrons. The van der Waals surface area contributed by atoms with Crippen LogP contribution < -0.4 is 11.1 Å². The number of aliphatic carboxylic acids is 1. The first-order chi connectivity index (χ1) is 8.90. The largest absolute Gasteiger partial charge is 0.508 e. The van der Waals surface area contributed by atoms with E-state index in [-0.39, 0.29) is 12.2 Å². The van der Waals surface area contributed by atoms with Crippen molar-refractivity contribution in [2.75, 3.05) is 6.54 Å². The van der Waals surface area contributed by atoms with Crippen LogP contribution in [0.25, 0.3) is 0 Å². The van der Waals surface area contributed by atoms with Crippen LogP contribution in [0, 0.1) is 0 Å². The molecule has 7 nitrogen and oxygen atoms in total. The van der Waals surface area contributed by atoms with Crippen LogP contribution in [0.3, 0.4) is 0 Å². The zero-order chi connectivity index (χ0) is 14.4. The van der Waals surface area contributed by atoms with Crippen molar-refractivity contribution >= 4 is 11.9 Å². The Balaban J connectivity index is 2.44.